The van der Waals surface area contributed by atoms with Gasteiger partial charge in [0.2, 0.25) is 0 Å². The van der Waals surface area contributed by atoms with Gasteiger partial charge in [-0.05, 0) is 42.5 Å². The minimum absolute atomic E-state index is 0.302. The summed E-state index contributed by atoms with van der Waals surface area (Å²) in [4.78, 5) is 23.3. The first-order valence-corrected chi connectivity index (χ1v) is 7.86. The fourth-order valence-corrected chi connectivity index (χ4v) is 2.42. The molecule has 0 aliphatic carbocycles. The lowest BCUT2D eigenvalue weighted by molar-refractivity contribution is -0.135. The minimum atomic E-state index is -0.386. The number of para-hydroxylation sites is 1. The Morgan fingerprint density at radius 2 is 1.70 bits per heavy atom. The number of esters is 1. The second-order valence-corrected chi connectivity index (χ2v) is 6.14. The summed E-state index contributed by atoms with van der Waals surface area (Å²) in [5.74, 6) is 0.151. The lowest BCUT2D eigenvalue weighted by atomic mass is 9.97. The van der Waals surface area contributed by atoms with Crippen molar-refractivity contribution >= 4 is 12.3 Å². The zero-order valence-electron chi connectivity index (χ0n) is 13.8. The Morgan fingerprint density at radius 1 is 1.04 bits per heavy atom. The standard InChI is InChI=1S/C20H22O3/c1-14(2)12-16-8-10-17(11-9-16)15(3)20(22)23-19-7-5-4-6-18(19)13-21/h4-11,13-15H,12H2,1-3H3. The predicted molar refractivity (Wildman–Crippen MR) is 90.9 cm³/mol. The Morgan fingerprint density at radius 3 is 2.30 bits per heavy atom. The van der Waals surface area contributed by atoms with Gasteiger partial charge in [0.05, 0.1) is 11.5 Å². The highest BCUT2D eigenvalue weighted by atomic mass is 16.5. The summed E-state index contributed by atoms with van der Waals surface area (Å²) in [6, 6.07) is 14.8. The van der Waals surface area contributed by atoms with Gasteiger partial charge in [0, 0.05) is 0 Å². The Bertz CT molecular complexity index is 672. The molecule has 0 aromatic heterocycles. The van der Waals surface area contributed by atoms with E-state index >= 15 is 0 Å². The Kier molecular flexibility index (Phi) is 5.69. The number of carbonyl (C=O) groups excluding carboxylic acids is 2. The first-order valence-electron chi connectivity index (χ1n) is 7.86. The van der Waals surface area contributed by atoms with Crippen LogP contribution < -0.4 is 4.74 Å². The van der Waals surface area contributed by atoms with Crippen molar-refractivity contribution in [2.45, 2.75) is 33.1 Å². The van der Waals surface area contributed by atoms with Gasteiger partial charge < -0.3 is 4.74 Å². The molecule has 0 amide bonds. The summed E-state index contributed by atoms with van der Waals surface area (Å²) in [6.45, 7) is 6.17. The third-order valence-corrected chi connectivity index (χ3v) is 3.73. The highest BCUT2D eigenvalue weighted by Gasteiger charge is 2.18. The Hall–Kier alpha value is -2.42. The number of benzene rings is 2. The molecule has 2 aromatic rings. The van der Waals surface area contributed by atoms with Gasteiger partial charge in [-0.15, -0.1) is 0 Å². The van der Waals surface area contributed by atoms with Crippen LogP contribution in [-0.4, -0.2) is 12.3 Å². The molecule has 0 aliphatic rings. The van der Waals surface area contributed by atoms with E-state index in [1.807, 2.05) is 19.1 Å². The molecule has 1 atom stereocenters. The van der Waals surface area contributed by atoms with Gasteiger partial charge in [-0.2, -0.15) is 0 Å². The van der Waals surface area contributed by atoms with Gasteiger partial charge in [0.15, 0.2) is 6.29 Å². The van der Waals surface area contributed by atoms with E-state index in [2.05, 4.69) is 26.0 Å². The number of ether oxygens (including phenoxy) is 1. The first-order chi connectivity index (χ1) is 11.0. The molecule has 0 heterocycles. The largest absolute Gasteiger partial charge is 0.425 e. The van der Waals surface area contributed by atoms with Crippen molar-refractivity contribution in [2.75, 3.05) is 0 Å². The molecule has 0 fully saturated rings. The van der Waals surface area contributed by atoms with Crippen LogP contribution in [-0.2, 0) is 11.2 Å². The van der Waals surface area contributed by atoms with Crippen LogP contribution in [0.25, 0.3) is 0 Å². The van der Waals surface area contributed by atoms with E-state index in [-0.39, 0.29) is 11.9 Å². The Balaban J connectivity index is 2.08. The van der Waals surface area contributed by atoms with E-state index in [0.29, 0.717) is 23.5 Å². The number of hydrogen-bond donors (Lipinski definition) is 0. The smallest absolute Gasteiger partial charge is 0.318 e. The zero-order valence-corrected chi connectivity index (χ0v) is 13.8. The maximum absolute atomic E-state index is 12.3. The molecule has 0 saturated carbocycles. The minimum Gasteiger partial charge on any atom is -0.425 e. The highest BCUT2D eigenvalue weighted by Crippen LogP contribution is 2.22. The van der Waals surface area contributed by atoms with Crippen molar-refractivity contribution in [1.82, 2.24) is 0 Å². The van der Waals surface area contributed by atoms with Crippen molar-refractivity contribution in [1.29, 1.82) is 0 Å². The van der Waals surface area contributed by atoms with Crippen molar-refractivity contribution < 1.29 is 14.3 Å². The molecule has 0 radical (unpaired) electrons. The average molecular weight is 310 g/mol. The molecular weight excluding hydrogens is 288 g/mol. The summed E-state index contributed by atoms with van der Waals surface area (Å²) in [6.07, 6.45) is 1.71. The molecule has 120 valence electrons. The van der Waals surface area contributed by atoms with Crippen LogP contribution in [0.15, 0.2) is 48.5 Å². The molecule has 3 heteroatoms. The van der Waals surface area contributed by atoms with Crippen LogP contribution in [0.5, 0.6) is 5.75 Å². The SMILES string of the molecule is CC(C)Cc1ccc(C(C)C(=O)Oc2ccccc2C=O)cc1. The van der Waals surface area contributed by atoms with Gasteiger partial charge in [-0.3, -0.25) is 9.59 Å². The highest BCUT2D eigenvalue weighted by molar-refractivity contribution is 5.84. The molecule has 0 saturated heterocycles. The van der Waals surface area contributed by atoms with Crippen molar-refractivity contribution in [2.24, 2.45) is 5.92 Å². The molecule has 2 rings (SSSR count). The summed E-state index contributed by atoms with van der Waals surface area (Å²) < 4.78 is 5.38. The van der Waals surface area contributed by atoms with Crippen LogP contribution in [0, 0.1) is 5.92 Å². The van der Waals surface area contributed by atoms with Crippen LogP contribution in [0.4, 0.5) is 0 Å². The Labute approximate surface area is 137 Å². The summed E-state index contributed by atoms with van der Waals surface area (Å²) in [7, 11) is 0. The van der Waals surface area contributed by atoms with Crippen LogP contribution in [0.2, 0.25) is 0 Å². The van der Waals surface area contributed by atoms with Gasteiger partial charge in [-0.25, -0.2) is 0 Å². The van der Waals surface area contributed by atoms with E-state index in [4.69, 9.17) is 4.74 Å². The molecule has 2 aromatic carbocycles. The molecule has 0 aliphatic heterocycles. The monoisotopic (exact) mass is 310 g/mol. The average Bonchev–Trinajstić information content (AvgIpc) is 2.55. The summed E-state index contributed by atoms with van der Waals surface area (Å²) in [5.41, 5.74) is 2.54. The second-order valence-electron chi connectivity index (χ2n) is 6.14. The molecule has 0 spiro atoms. The number of aldehydes is 1. The van der Waals surface area contributed by atoms with E-state index < -0.39 is 0 Å². The molecule has 0 N–H and O–H groups in total. The lowest BCUT2D eigenvalue weighted by Crippen LogP contribution is -2.17. The zero-order chi connectivity index (χ0) is 16.8. The van der Waals surface area contributed by atoms with Crippen LogP contribution >= 0.6 is 0 Å². The van der Waals surface area contributed by atoms with E-state index in [0.717, 1.165) is 12.0 Å². The van der Waals surface area contributed by atoms with E-state index in [1.165, 1.54) is 5.56 Å². The number of carbonyl (C=O) groups is 2. The van der Waals surface area contributed by atoms with Gasteiger partial charge in [0.25, 0.3) is 0 Å². The van der Waals surface area contributed by atoms with Crippen molar-refractivity contribution in [3.63, 3.8) is 0 Å². The van der Waals surface area contributed by atoms with E-state index in [9.17, 15) is 9.59 Å². The molecule has 0 bridgehead atoms. The lowest BCUT2D eigenvalue weighted by Gasteiger charge is -2.13. The molecule has 23 heavy (non-hydrogen) atoms. The summed E-state index contributed by atoms with van der Waals surface area (Å²) >= 11 is 0. The van der Waals surface area contributed by atoms with Crippen LogP contribution in [0.1, 0.15) is 48.2 Å². The normalized spacial score (nSPS) is 12.0. The fraction of sp³-hybridized carbons (Fsp3) is 0.300. The molecular formula is C20H22O3. The molecule has 3 nitrogen and oxygen atoms in total. The summed E-state index contributed by atoms with van der Waals surface area (Å²) in [5, 5.41) is 0. The quantitative estimate of drug-likeness (QED) is 0.451. The van der Waals surface area contributed by atoms with Gasteiger partial charge >= 0.3 is 5.97 Å². The number of hydrogen-bond acceptors (Lipinski definition) is 3. The topological polar surface area (TPSA) is 43.4 Å². The van der Waals surface area contributed by atoms with Gasteiger partial charge in [-0.1, -0.05) is 50.2 Å². The van der Waals surface area contributed by atoms with Crippen molar-refractivity contribution in [3.8, 4) is 5.75 Å². The molecule has 1 unspecified atom stereocenters. The maximum Gasteiger partial charge on any atom is 0.318 e. The van der Waals surface area contributed by atoms with E-state index in [1.54, 1.807) is 24.3 Å². The maximum atomic E-state index is 12.3. The van der Waals surface area contributed by atoms with Crippen molar-refractivity contribution in [3.05, 3.63) is 65.2 Å². The third-order valence-electron chi connectivity index (χ3n) is 3.73. The number of rotatable bonds is 6. The van der Waals surface area contributed by atoms with Gasteiger partial charge in [0.1, 0.15) is 5.75 Å². The fourth-order valence-electron chi connectivity index (χ4n) is 2.42. The third kappa shape index (κ3) is 4.52. The second kappa shape index (κ2) is 7.73. The van der Waals surface area contributed by atoms with Crippen LogP contribution in [0.3, 0.4) is 0 Å². The first kappa shape index (κ1) is 16.9. The predicted octanol–water partition coefficient (Wildman–Crippen LogP) is 4.41.